The third kappa shape index (κ3) is 5.99. The van der Waals surface area contributed by atoms with E-state index in [2.05, 4.69) is 20.2 Å². The van der Waals surface area contributed by atoms with E-state index in [0.717, 1.165) is 16.6 Å². The van der Waals surface area contributed by atoms with Crippen molar-refractivity contribution in [2.75, 3.05) is 36.4 Å². The number of rotatable bonds is 5. The maximum atomic E-state index is 14.7. The van der Waals surface area contributed by atoms with Crippen molar-refractivity contribution < 1.29 is 18.7 Å². The number of halogens is 1. The van der Waals surface area contributed by atoms with Crippen molar-refractivity contribution in [2.45, 2.75) is 39.8 Å². The lowest BCUT2D eigenvalue weighted by atomic mass is 10.1. The molecule has 0 atom stereocenters. The van der Waals surface area contributed by atoms with Crippen LogP contribution in [0.1, 0.15) is 42.4 Å². The molecule has 1 fully saturated rings. The van der Waals surface area contributed by atoms with Gasteiger partial charge in [0.15, 0.2) is 11.5 Å². The molecule has 5 aromatic rings. The molecule has 0 unspecified atom stereocenters. The van der Waals surface area contributed by atoms with Crippen molar-refractivity contribution in [3.8, 4) is 0 Å². The number of fused-ring (bicyclic) bond motifs is 2. The molecule has 11 nitrogen and oxygen atoms in total. The topological polar surface area (TPSA) is 110 Å². The van der Waals surface area contributed by atoms with Crippen LogP contribution < -0.4 is 10.2 Å². The largest absolute Gasteiger partial charge is 0.444 e. The van der Waals surface area contributed by atoms with Gasteiger partial charge in [-0.2, -0.15) is 5.10 Å². The average Bonchev–Trinajstić information content (AvgIpc) is 3.55. The van der Waals surface area contributed by atoms with E-state index in [1.54, 1.807) is 51.8 Å². The monoisotopic (exact) mass is 584 g/mol. The SMILES string of the molecule is Cc1cn2cc(NC(=O)c3ccc(N4CCN(C(=O)OC(C)(C)C)CC4)c4cn(Cc5cccnc5)nc34)cc(F)c2n1. The maximum Gasteiger partial charge on any atom is 0.410 e. The molecule has 0 radical (unpaired) electrons. The van der Waals surface area contributed by atoms with Crippen LogP contribution in [0, 0.1) is 12.7 Å². The second kappa shape index (κ2) is 11.0. The summed E-state index contributed by atoms with van der Waals surface area (Å²) in [5.74, 6) is -0.939. The molecule has 1 saturated heterocycles. The quantitative estimate of drug-likeness (QED) is 0.313. The fraction of sp³-hybridized carbons (Fsp3) is 0.323. The number of aromatic nitrogens is 5. The summed E-state index contributed by atoms with van der Waals surface area (Å²) in [6.07, 6.45) is 8.42. The number of carbonyl (C=O) groups excluding carboxylic acids is 2. The molecule has 0 spiro atoms. The molecule has 5 heterocycles. The van der Waals surface area contributed by atoms with Gasteiger partial charge in [-0.05, 0) is 51.5 Å². The first-order valence-electron chi connectivity index (χ1n) is 14.1. The van der Waals surface area contributed by atoms with Crippen LogP contribution in [-0.4, -0.2) is 72.8 Å². The number of anilines is 2. The number of amides is 2. The fourth-order valence-electron chi connectivity index (χ4n) is 5.26. The lowest BCUT2D eigenvalue weighted by Gasteiger charge is -2.37. The number of aryl methyl sites for hydroxylation is 1. The minimum absolute atomic E-state index is 0.197. The van der Waals surface area contributed by atoms with Crippen molar-refractivity contribution in [1.82, 2.24) is 29.0 Å². The van der Waals surface area contributed by atoms with Crippen molar-refractivity contribution >= 4 is 39.9 Å². The normalized spacial score (nSPS) is 14.0. The minimum Gasteiger partial charge on any atom is -0.444 e. The van der Waals surface area contributed by atoms with Crippen LogP contribution >= 0.6 is 0 Å². The van der Waals surface area contributed by atoms with Gasteiger partial charge in [-0.1, -0.05) is 6.07 Å². The van der Waals surface area contributed by atoms with Gasteiger partial charge in [0, 0.05) is 74.3 Å². The van der Waals surface area contributed by atoms with Crippen LogP contribution in [0.5, 0.6) is 0 Å². The number of hydrogen-bond donors (Lipinski definition) is 1. The van der Waals surface area contributed by atoms with Crippen molar-refractivity contribution in [3.63, 3.8) is 0 Å². The zero-order chi connectivity index (χ0) is 30.3. The number of nitrogens with one attached hydrogen (secondary N) is 1. The third-order valence-corrected chi connectivity index (χ3v) is 7.17. The first-order valence-corrected chi connectivity index (χ1v) is 14.1. The molecule has 222 valence electrons. The van der Waals surface area contributed by atoms with Crippen LogP contribution in [0.15, 0.2) is 61.3 Å². The van der Waals surface area contributed by atoms with E-state index in [4.69, 9.17) is 9.84 Å². The summed E-state index contributed by atoms with van der Waals surface area (Å²) in [4.78, 5) is 38.5. The summed E-state index contributed by atoms with van der Waals surface area (Å²) >= 11 is 0. The molecule has 1 N–H and O–H groups in total. The third-order valence-electron chi connectivity index (χ3n) is 7.17. The Hall–Kier alpha value is -5.00. The Morgan fingerprint density at radius 3 is 2.58 bits per heavy atom. The zero-order valence-corrected chi connectivity index (χ0v) is 24.5. The predicted octanol–water partition coefficient (Wildman–Crippen LogP) is 4.88. The van der Waals surface area contributed by atoms with Crippen molar-refractivity contribution in [1.29, 1.82) is 0 Å². The highest BCUT2D eigenvalue weighted by Crippen LogP contribution is 2.31. The first kappa shape index (κ1) is 28.1. The van der Waals surface area contributed by atoms with E-state index in [9.17, 15) is 14.0 Å². The number of nitrogens with zero attached hydrogens (tertiary/aromatic N) is 7. The molecule has 1 aromatic carbocycles. The maximum absolute atomic E-state index is 14.7. The Morgan fingerprint density at radius 1 is 1.07 bits per heavy atom. The van der Waals surface area contributed by atoms with E-state index in [1.165, 1.54) is 6.07 Å². The molecular weight excluding hydrogens is 551 g/mol. The van der Waals surface area contributed by atoms with Gasteiger partial charge >= 0.3 is 6.09 Å². The summed E-state index contributed by atoms with van der Waals surface area (Å²) in [6, 6.07) is 8.73. The van der Waals surface area contributed by atoms with E-state index < -0.39 is 17.3 Å². The lowest BCUT2D eigenvalue weighted by molar-refractivity contribution is 0.0240. The van der Waals surface area contributed by atoms with Gasteiger partial charge in [0.25, 0.3) is 5.91 Å². The van der Waals surface area contributed by atoms with Crippen LogP contribution in [0.4, 0.5) is 20.6 Å². The molecule has 12 heteroatoms. The molecule has 6 rings (SSSR count). The summed E-state index contributed by atoms with van der Waals surface area (Å²) in [5.41, 5.74) is 3.37. The number of ether oxygens (including phenoxy) is 1. The second-order valence-corrected chi connectivity index (χ2v) is 11.7. The Bertz CT molecular complexity index is 1820. The molecule has 43 heavy (non-hydrogen) atoms. The van der Waals surface area contributed by atoms with E-state index in [-0.39, 0.29) is 11.7 Å². The molecule has 0 bridgehead atoms. The summed E-state index contributed by atoms with van der Waals surface area (Å²) in [6.45, 7) is 10.0. The second-order valence-electron chi connectivity index (χ2n) is 11.7. The molecule has 1 aliphatic heterocycles. The van der Waals surface area contributed by atoms with Crippen LogP contribution in [0.25, 0.3) is 16.6 Å². The highest BCUT2D eigenvalue weighted by molar-refractivity contribution is 6.14. The number of hydrogen-bond acceptors (Lipinski definition) is 7. The Balaban J connectivity index is 1.30. The summed E-state index contributed by atoms with van der Waals surface area (Å²) in [5, 5.41) is 8.44. The molecule has 0 aliphatic carbocycles. The molecule has 4 aromatic heterocycles. The number of benzene rings is 1. The standard InChI is InChI=1S/C31H33FN8O3/c1-20-16-39-18-22(14-25(32)28(39)34-20)35-29(41)23-7-8-26(37-10-12-38(13-11-37)30(42)43-31(2,3)4)24-19-40(36-27(23)24)17-21-6-5-9-33-15-21/h5-9,14-16,18-19H,10-13,17H2,1-4H3,(H,35,41). The smallest absolute Gasteiger partial charge is 0.410 e. The summed E-state index contributed by atoms with van der Waals surface area (Å²) < 4.78 is 23.6. The van der Waals surface area contributed by atoms with E-state index >= 15 is 0 Å². The van der Waals surface area contributed by atoms with Gasteiger partial charge in [0.05, 0.1) is 23.5 Å². The van der Waals surface area contributed by atoms with Crippen molar-refractivity contribution in [2.24, 2.45) is 0 Å². The number of carbonyl (C=O) groups is 2. The van der Waals surface area contributed by atoms with Crippen molar-refractivity contribution in [3.05, 3.63) is 84.0 Å². The number of piperazine rings is 1. The number of imidazole rings is 1. The summed E-state index contributed by atoms with van der Waals surface area (Å²) in [7, 11) is 0. The molecular formula is C31H33FN8O3. The van der Waals surface area contributed by atoms with Crippen LogP contribution in [0.3, 0.4) is 0 Å². The predicted molar refractivity (Wildman–Crippen MR) is 161 cm³/mol. The molecule has 1 aliphatic rings. The highest BCUT2D eigenvalue weighted by Gasteiger charge is 2.28. The zero-order valence-electron chi connectivity index (χ0n) is 24.5. The highest BCUT2D eigenvalue weighted by atomic mass is 19.1. The Labute approximate surface area is 247 Å². The minimum atomic E-state index is -0.561. The van der Waals surface area contributed by atoms with Gasteiger partial charge in [0.2, 0.25) is 0 Å². The Morgan fingerprint density at radius 2 is 1.86 bits per heavy atom. The van der Waals surface area contributed by atoms with Gasteiger partial charge in [-0.3, -0.25) is 14.5 Å². The van der Waals surface area contributed by atoms with Gasteiger partial charge in [0.1, 0.15) is 11.1 Å². The number of pyridine rings is 2. The van der Waals surface area contributed by atoms with Crippen LogP contribution in [0.2, 0.25) is 0 Å². The molecule has 2 amide bonds. The fourth-order valence-corrected chi connectivity index (χ4v) is 5.26. The van der Waals surface area contributed by atoms with Gasteiger partial charge < -0.3 is 24.3 Å². The van der Waals surface area contributed by atoms with Gasteiger partial charge in [-0.15, -0.1) is 0 Å². The lowest BCUT2D eigenvalue weighted by Crippen LogP contribution is -2.50. The average molecular weight is 585 g/mol. The molecule has 0 saturated carbocycles. The van der Waals surface area contributed by atoms with E-state index in [0.29, 0.717) is 55.2 Å². The van der Waals surface area contributed by atoms with Gasteiger partial charge in [-0.25, -0.2) is 14.2 Å². The van der Waals surface area contributed by atoms with E-state index in [1.807, 2.05) is 45.2 Å². The first-order chi connectivity index (χ1) is 20.5. The Kier molecular flexibility index (Phi) is 7.20. The van der Waals surface area contributed by atoms with Crippen LogP contribution in [-0.2, 0) is 11.3 Å².